The minimum absolute atomic E-state index is 0.0172. The van der Waals surface area contributed by atoms with Gasteiger partial charge in [-0.3, -0.25) is 9.59 Å². The Morgan fingerprint density at radius 2 is 2.25 bits per heavy atom. The van der Waals surface area contributed by atoms with E-state index in [1.807, 2.05) is 13.8 Å². The van der Waals surface area contributed by atoms with Crippen molar-refractivity contribution in [1.82, 2.24) is 4.90 Å². The summed E-state index contributed by atoms with van der Waals surface area (Å²) in [6.45, 7) is 8.36. The Kier molecular flexibility index (Phi) is 3.89. The van der Waals surface area contributed by atoms with Crippen molar-refractivity contribution in [3.8, 4) is 0 Å². The maximum absolute atomic E-state index is 12.0. The van der Waals surface area contributed by atoms with Gasteiger partial charge in [-0.1, -0.05) is 19.9 Å². The van der Waals surface area contributed by atoms with Crippen molar-refractivity contribution in [2.45, 2.75) is 33.1 Å². The second-order valence-electron chi connectivity index (χ2n) is 5.40. The molecule has 0 aromatic carbocycles. The first-order chi connectivity index (χ1) is 7.37. The monoisotopic (exact) mass is 223 g/mol. The molecule has 0 aliphatic heterocycles. The molecule has 1 rings (SSSR count). The Morgan fingerprint density at radius 1 is 1.62 bits per heavy atom. The van der Waals surface area contributed by atoms with E-state index in [-0.39, 0.29) is 17.1 Å². The van der Waals surface area contributed by atoms with Crippen LogP contribution in [0.4, 0.5) is 0 Å². The molecule has 1 unspecified atom stereocenters. The molecule has 0 N–H and O–H groups in total. The molecule has 90 valence electrons. The quantitative estimate of drug-likeness (QED) is 0.540. The van der Waals surface area contributed by atoms with Crippen LogP contribution in [0, 0.1) is 11.3 Å². The molecule has 3 heteroatoms. The van der Waals surface area contributed by atoms with Crippen molar-refractivity contribution in [1.29, 1.82) is 0 Å². The number of carbonyl (C=O) groups excluding carboxylic acids is 2. The Balaban J connectivity index is 2.61. The van der Waals surface area contributed by atoms with E-state index in [1.54, 1.807) is 18.0 Å². The lowest BCUT2D eigenvalue weighted by Gasteiger charge is -2.21. The predicted octanol–water partition coefficient (Wildman–Crippen LogP) is 2.03. The summed E-state index contributed by atoms with van der Waals surface area (Å²) in [7, 11) is 1.75. The molecule has 1 amide bonds. The van der Waals surface area contributed by atoms with Crippen molar-refractivity contribution in [2.75, 3.05) is 13.6 Å². The van der Waals surface area contributed by atoms with Crippen molar-refractivity contribution in [3.63, 3.8) is 0 Å². The molecule has 3 nitrogen and oxygen atoms in total. The van der Waals surface area contributed by atoms with E-state index >= 15 is 0 Å². The van der Waals surface area contributed by atoms with Crippen LogP contribution in [0.15, 0.2) is 12.7 Å². The van der Waals surface area contributed by atoms with E-state index in [9.17, 15) is 9.59 Å². The van der Waals surface area contributed by atoms with Gasteiger partial charge in [-0.15, -0.1) is 6.58 Å². The predicted molar refractivity (Wildman–Crippen MR) is 64.0 cm³/mol. The summed E-state index contributed by atoms with van der Waals surface area (Å²) in [6.07, 6.45) is 3.76. The molecule has 1 aliphatic rings. The van der Waals surface area contributed by atoms with Crippen LogP contribution in [0.2, 0.25) is 0 Å². The second kappa shape index (κ2) is 4.81. The number of Topliss-reactive ketones (excluding diaryl/α,β-unsaturated/α-hetero) is 1. The molecule has 0 aromatic heterocycles. The maximum atomic E-state index is 12.0. The van der Waals surface area contributed by atoms with Crippen LogP contribution in [-0.2, 0) is 9.59 Å². The average Bonchev–Trinajstić information content (AvgIpc) is 2.47. The summed E-state index contributed by atoms with van der Waals surface area (Å²) >= 11 is 0. The molecule has 0 aromatic rings. The lowest BCUT2D eigenvalue weighted by atomic mass is 9.90. The number of hydrogen-bond donors (Lipinski definition) is 0. The Labute approximate surface area is 97.5 Å². The van der Waals surface area contributed by atoms with Crippen LogP contribution < -0.4 is 0 Å². The van der Waals surface area contributed by atoms with Gasteiger partial charge in [-0.05, 0) is 18.3 Å². The molecule has 0 heterocycles. The molecule has 16 heavy (non-hydrogen) atoms. The summed E-state index contributed by atoms with van der Waals surface area (Å²) in [5.41, 5.74) is -0.0172. The fraction of sp³-hybridized carbons (Fsp3) is 0.692. The molecule has 0 saturated heterocycles. The molecule has 1 aliphatic carbocycles. The molecule has 0 radical (unpaired) electrons. The first kappa shape index (κ1) is 12.9. The largest absolute Gasteiger partial charge is 0.345 e. The van der Waals surface area contributed by atoms with Crippen LogP contribution in [0.1, 0.15) is 33.1 Å². The summed E-state index contributed by atoms with van der Waals surface area (Å²) in [4.78, 5) is 25.4. The fourth-order valence-electron chi connectivity index (χ4n) is 2.22. The number of rotatable bonds is 4. The summed E-state index contributed by atoms with van der Waals surface area (Å²) in [5, 5.41) is 0. The van der Waals surface area contributed by atoms with E-state index in [1.165, 1.54) is 0 Å². The van der Waals surface area contributed by atoms with Gasteiger partial charge in [0, 0.05) is 20.0 Å². The molecular weight excluding hydrogens is 202 g/mol. The fourth-order valence-corrected chi connectivity index (χ4v) is 2.22. The van der Waals surface area contributed by atoms with Gasteiger partial charge in [-0.25, -0.2) is 0 Å². The Hall–Kier alpha value is -1.12. The van der Waals surface area contributed by atoms with Gasteiger partial charge in [-0.2, -0.15) is 0 Å². The standard InChI is InChI=1S/C13H21NO2/c1-5-6-7-14(4)12(16)10-8-13(2,3)9-11(10)15/h5,10H,1,6-9H2,2-4H3. The van der Waals surface area contributed by atoms with E-state index in [0.29, 0.717) is 19.4 Å². The molecule has 1 saturated carbocycles. The van der Waals surface area contributed by atoms with Crippen molar-refractivity contribution < 1.29 is 9.59 Å². The van der Waals surface area contributed by atoms with Gasteiger partial charge in [0.25, 0.3) is 0 Å². The van der Waals surface area contributed by atoms with Crippen LogP contribution in [0.25, 0.3) is 0 Å². The third kappa shape index (κ3) is 2.94. The smallest absolute Gasteiger partial charge is 0.232 e. The Bertz CT molecular complexity index is 307. The number of nitrogens with zero attached hydrogens (tertiary/aromatic N) is 1. The molecular formula is C13H21NO2. The first-order valence-corrected chi connectivity index (χ1v) is 5.76. The lowest BCUT2D eigenvalue weighted by molar-refractivity contribution is -0.138. The van der Waals surface area contributed by atoms with Gasteiger partial charge in [0.05, 0.1) is 5.92 Å². The van der Waals surface area contributed by atoms with E-state index in [4.69, 9.17) is 0 Å². The summed E-state index contributed by atoms with van der Waals surface area (Å²) in [6, 6.07) is 0. The number of hydrogen-bond acceptors (Lipinski definition) is 2. The third-order valence-electron chi connectivity index (χ3n) is 3.14. The molecule has 0 spiro atoms. The van der Waals surface area contributed by atoms with E-state index < -0.39 is 5.92 Å². The first-order valence-electron chi connectivity index (χ1n) is 5.76. The third-order valence-corrected chi connectivity index (χ3v) is 3.14. The molecule has 1 atom stereocenters. The number of carbonyl (C=O) groups is 2. The Morgan fingerprint density at radius 3 is 2.69 bits per heavy atom. The topological polar surface area (TPSA) is 37.4 Å². The van der Waals surface area contributed by atoms with Crippen LogP contribution in [0.3, 0.4) is 0 Å². The highest BCUT2D eigenvalue weighted by atomic mass is 16.2. The zero-order chi connectivity index (χ0) is 12.3. The lowest BCUT2D eigenvalue weighted by Crippen LogP contribution is -2.35. The highest BCUT2D eigenvalue weighted by Crippen LogP contribution is 2.39. The summed E-state index contributed by atoms with van der Waals surface area (Å²) < 4.78 is 0. The number of ketones is 1. The van der Waals surface area contributed by atoms with E-state index in [0.717, 1.165) is 6.42 Å². The van der Waals surface area contributed by atoms with Gasteiger partial charge >= 0.3 is 0 Å². The van der Waals surface area contributed by atoms with Crippen molar-refractivity contribution in [2.24, 2.45) is 11.3 Å². The van der Waals surface area contributed by atoms with E-state index in [2.05, 4.69) is 6.58 Å². The highest BCUT2D eigenvalue weighted by Gasteiger charge is 2.42. The van der Waals surface area contributed by atoms with Gasteiger partial charge in [0.15, 0.2) is 0 Å². The minimum atomic E-state index is -0.412. The average molecular weight is 223 g/mol. The number of amides is 1. The van der Waals surface area contributed by atoms with Crippen LogP contribution in [-0.4, -0.2) is 30.2 Å². The molecule has 0 bridgehead atoms. The van der Waals surface area contributed by atoms with Crippen molar-refractivity contribution in [3.05, 3.63) is 12.7 Å². The zero-order valence-electron chi connectivity index (χ0n) is 10.5. The maximum Gasteiger partial charge on any atom is 0.232 e. The minimum Gasteiger partial charge on any atom is -0.345 e. The molecule has 1 fully saturated rings. The van der Waals surface area contributed by atoms with Gasteiger partial charge in [0.2, 0.25) is 5.91 Å². The van der Waals surface area contributed by atoms with Gasteiger partial charge in [0.1, 0.15) is 5.78 Å². The second-order valence-corrected chi connectivity index (χ2v) is 5.40. The SMILES string of the molecule is C=CCCN(C)C(=O)C1CC(C)(C)CC1=O. The van der Waals surface area contributed by atoms with Crippen LogP contribution in [0.5, 0.6) is 0 Å². The normalized spacial score (nSPS) is 23.2. The highest BCUT2D eigenvalue weighted by molar-refractivity contribution is 6.03. The zero-order valence-corrected chi connectivity index (χ0v) is 10.5. The van der Waals surface area contributed by atoms with Crippen LogP contribution >= 0.6 is 0 Å². The van der Waals surface area contributed by atoms with Crippen molar-refractivity contribution >= 4 is 11.7 Å². The summed E-state index contributed by atoms with van der Waals surface area (Å²) in [5.74, 6) is -0.345. The van der Waals surface area contributed by atoms with Gasteiger partial charge < -0.3 is 4.90 Å².